The average molecular weight is 264 g/mol. The Hall–Kier alpha value is -1.16. The molecule has 0 amide bonds. The molecule has 1 heterocycles. The summed E-state index contributed by atoms with van der Waals surface area (Å²) >= 11 is 1.78. The number of ether oxygens (including phenoxy) is 1. The van der Waals surface area contributed by atoms with Crippen LogP contribution < -0.4 is 10.1 Å². The van der Waals surface area contributed by atoms with E-state index < -0.39 is 0 Å². The van der Waals surface area contributed by atoms with Gasteiger partial charge in [0.1, 0.15) is 5.75 Å². The first-order valence-corrected chi connectivity index (χ1v) is 7.38. The van der Waals surface area contributed by atoms with E-state index in [-0.39, 0.29) is 0 Å². The monoisotopic (exact) mass is 264 g/mol. The van der Waals surface area contributed by atoms with Crippen LogP contribution in [-0.2, 0) is 0 Å². The van der Waals surface area contributed by atoms with Crippen molar-refractivity contribution < 1.29 is 4.74 Å². The molecule has 0 aliphatic carbocycles. The summed E-state index contributed by atoms with van der Waals surface area (Å²) in [6.45, 7) is 7.10. The Bertz CT molecular complexity index is 432. The summed E-state index contributed by atoms with van der Waals surface area (Å²) in [6, 6.07) is 8.42. The van der Waals surface area contributed by atoms with Crippen LogP contribution in [0.4, 0.5) is 5.69 Å². The van der Waals surface area contributed by atoms with E-state index >= 15 is 0 Å². The molecule has 98 valence electrons. The molecule has 1 aliphatic rings. The van der Waals surface area contributed by atoms with Crippen LogP contribution in [0.15, 0.2) is 29.3 Å². The fraction of sp³-hybridized carbons (Fsp3) is 0.500. The highest BCUT2D eigenvalue weighted by atomic mass is 32.2. The van der Waals surface area contributed by atoms with Gasteiger partial charge in [0.2, 0.25) is 0 Å². The summed E-state index contributed by atoms with van der Waals surface area (Å²) < 4.78 is 5.59. The molecule has 1 N–H and O–H groups in total. The lowest BCUT2D eigenvalue weighted by Crippen LogP contribution is -2.12. The molecule has 0 saturated heterocycles. The van der Waals surface area contributed by atoms with E-state index in [1.165, 1.54) is 0 Å². The predicted octanol–water partition coefficient (Wildman–Crippen LogP) is 3.62. The van der Waals surface area contributed by atoms with E-state index in [0.717, 1.165) is 22.4 Å². The first-order chi connectivity index (χ1) is 8.70. The van der Waals surface area contributed by atoms with Gasteiger partial charge in [-0.15, -0.1) is 0 Å². The van der Waals surface area contributed by atoms with Gasteiger partial charge >= 0.3 is 0 Å². The summed E-state index contributed by atoms with van der Waals surface area (Å²) in [7, 11) is 0. The van der Waals surface area contributed by atoms with E-state index in [2.05, 4.69) is 19.2 Å². The van der Waals surface area contributed by atoms with Crippen LogP contribution in [0.1, 0.15) is 20.8 Å². The third-order valence-corrected chi connectivity index (χ3v) is 3.86. The lowest BCUT2D eigenvalue weighted by molar-refractivity contribution is 0.342. The molecular formula is C14H20N2OS. The molecule has 0 spiro atoms. The highest BCUT2D eigenvalue weighted by Gasteiger charge is 2.21. The van der Waals surface area contributed by atoms with Gasteiger partial charge in [-0.1, -0.05) is 37.7 Å². The van der Waals surface area contributed by atoms with Crippen molar-refractivity contribution in [3.8, 4) is 5.75 Å². The number of anilines is 1. The number of amidine groups is 1. The molecule has 1 atom stereocenters. The maximum absolute atomic E-state index is 5.59. The van der Waals surface area contributed by atoms with Gasteiger partial charge in [0.25, 0.3) is 0 Å². The third kappa shape index (κ3) is 3.19. The number of hydrogen-bond acceptors (Lipinski definition) is 4. The maximum Gasteiger partial charge on any atom is 0.161 e. The quantitative estimate of drug-likeness (QED) is 0.901. The fourth-order valence-corrected chi connectivity index (χ4v) is 2.95. The van der Waals surface area contributed by atoms with Crippen molar-refractivity contribution in [3.05, 3.63) is 24.3 Å². The molecule has 2 rings (SSSR count). The van der Waals surface area contributed by atoms with Gasteiger partial charge < -0.3 is 10.1 Å². The van der Waals surface area contributed by atoms with Gasteiger partial charge in [-0.2, -0.15) is 0 Å². The Morgan fingerprint density at radius 3 is 2.89 bits per heavy atom. The largest absolute Gasteiger partial charge is 0.492 e. The maximum atomic E-state index is 5.59. The molecule has 0 radical (unpaired) electrons. The minimum atomic E-state index is 0.428. The highest BCUT2D eigenvalue weighted by molar-refractivity contribution is 8.14. The van der Waals surface area contributed by atoms with Gasteiger partial charge in [0, 0.05) is 5.75 Å². The molecule has 3 nitrogen and oxygen atoms in total. The van der Waals surface area contributed by atoms with E-state index in [1.54, 1.807) is 11.8 Å². The standard InChI is InChI=1S/C14H20N2OS/c1-4-17-13-8-6-5-7-11(13)15-14-16-12(9-18-14)10(2)3/h5-8,10,12H,4,9H2,1-3H3,(H,15,16). The molecule has 1 aromatic rings. The van der Waals surface area contributed by atoms with Crippen LogP contribution >= 0.6 is 11.8 Å². The molecule has 4 heteroatoms. The van der Waals surface area contributed by atoms with Gasteiger partial charge in [0.05, 0.1) is 18.3 Å². The van der Waals surface area contributed by atoms with Crippen LogP contribution in [0.3, 0.4) is 0 Å². The Morgan fingerprint density at radius 1 is 1.44 bits per heavy atom. The Kier molecular flexibility index (Phi) is 4.53. The van der Waals surface area contributed by atoms with Gasteiger partial charge in [-0.25, -0.2) is 0 Å². The van der Waals surface area contributed by atoms with Crippen LogP contribution in [-0.4, -0.2) is 23.6 Å². The van der Waals surface area contributed by atoms with Crippen molar-refractivity contribution in [1.29, 1.82) is 0 Å². The van der Waals surface area contributed by atoms with Gasteiger partial charge in [0.15, 0.2) is 5.17 Å². The van der Waals surface area contributed by atoms with Gasteiger partial charge in [-0.05, 0) is 25.0 Å². The SMILES string of the molecule is CCOc1ccccc1NC1=NC(C(C)C)CS1. The zero-order valence-electron chi connectivity index (χ0n) is 11.1. The Morgan fingerprint density at radius 2 is 2.22 bits per heavy atom. The summed E-state index contributed by atoms with van der Waals surface area (Å²) in [5.74, 6) is 2.55. The van der Waals surface area contributed by atoms with Crippen LogP contribution in [0, 0.1) is 5.92 Å². The second kappa shape index (κ2) is 6.14. The molecular weight excluding hydrogens is 244 g/mol. The molecule has 18 heavy (non-hydrogen) atoms. The minimum Gasteiger partial charge on any atom is -0.492 e. The fourth-order valence-electron chi connectivity index (χ4n) is 1.77. The lowest BCUT2D eigenvalue weighted by Gasteiger charge is -2.11. The van der Waals surface area contributed by atoms with E-state index in [0.29, 0.717) is 18.6 Å². The zero-order chi connectivity index (χ0) is 13.0. The topological polar surface area (TPSA) is 33.6 Å². The minimum absolute atomic E-state index is 0.428. The molecule has 0 fully saturated rings. The van der Waals surface area contributed by atoms with Crippen molar-refractivity contribution in [2.24, 2.45) is 10.9 Å². The summed E-state index contributed by atoms with van der Waals surface area (Å²) in [5, 5.41) is 4.37. The smallest absolute Gasteiger partial charge is 0.161 e. The number of rotatable bonds is 4. The van der Waals surface area contributed by atoms with E-state index in [9.17, 15) is 0 Å². The van der Waals surface area contributed by atoms with Gasteiger partial charge in [-0.3, -0.25) is 4.99 Å². The number of benzene rings is 1. The molecule has 0 aromatic heterocycles. The lowest BCUT2D eigenvalue weighted by atomic mass is 10.1. The zero-order valence-corrected chi connectivity index (χ0v) is 12.0. The first kappa shape index (κ1) is 13.3. The second-order valence-electron chi connectivity index (χ2n) is 4.61. The van der Waals surface area contributed by atoms with E-state index in [4.69, 9.17) is 9.73 Å². The molecule has 0 saturated carbocycles. The number of thioether (sulfide) groups is 1. The summed E-state index contributed by atoms with van der Waals surface area (Å²) in [6.07, 6.45) is 0. The molecule has 1 aromatic carbocycles. The summed E-state index contributed by atoms with van der Waals surface area (Å²) in [4.78, 5) is 4.70. The average Bonchev–Trinajstić information content (AvgIpc) is 2.81. The van der Waals surface area contributed by atoms with Crippen LogP contribution in [0.5, 0.6) is 5.75 Å². The number of nitrogens with zero attached hydrogens (tertiary/aromatic N) is 1. The number of hydrogen-bond donors (Lipinski definition) is 1. The molecule has 1 aliphatic heterocycles. The summed E-state index contributed by atoms with van der Waals surface area (Å²) in [5.41, 5.74) is 0.995. The number of para-hydroxylation sites is 2. The van der Waals surface area contributed by atoms with Crippen molar-refractivity contribution in [1.82, 2.24) is 0 Å². The van der Waals surface area contributed by atoms with Crippen molar-refractivity contribution in [3.63, 3.8) is 0 Å². The Labute approximate surface area is 113 Å². The van der Waals surface area contributed by atoms with Crippen molar-refractivity contribution in [2.75, 3.05) is 17.7 Å². The Balaban J connectivity index is 2.08. The predicted molar refractivity (Wildman–Crippen MR) is 79.8 cm³/mol. The van der Waals surface area contributed by atoms with Crippen molar-refractivity contribution in [2.45, 2.75) is 26.8 Å². The molecule has 1 unspecified atom stereocenters. The number of aliphatic imine (C=N–C) groups is 1. The van der Waals surface area contributed by atoms with Crippen LogP contribution in [0.2, 0.25) is 0 Å². The highest BCUT2D eigenvalue weighted by Crippen LogP contribution is 2.28. The normalized spacial score (nSPS) is 18.9. The second-order valence-corrected chi connectivity index (χ2v) is 5.62. The molecule has 0 bridgehead atoms. The first-order valence-electron chi connectivity index (χ1n) is 6.40. The van der Waals surface area contributed by atoms with Crippen molar-refractivity contribution >= 4 is 22.6 Å². The van der Waals surface area contributed by atoms with E-state index in [1.807, 2.05) is 31.2 Å². The number of nitrogens with one attached hydrogen (secondary N) is 1. The van der Waals surface area contributed by atoms with Crippen LogP contribution in [0.25, 0.3) is 0 Å². The third-order valence-electron chi connectivity index (χ3n) is 2.87.